The lowest BCUT2D eigenvalue weighted by Gasteiger charge is -1.80. The van der Waals surface area contributed by atoms with Crippen molar-refractivity contribution in [3.05, 3.63) is 6.61 Å². The Morgan fingerprint density at radius 2 is 2.57 bits per heavy atom. The molecule has 0 spiro atoms. The van der Waals surface area contributed by atoms with Crippen LogP contribution in [0.25, 0.3) is 0 Å². The van der Waals surface area contributed by atoms with E-state index in [0.29, 0.717) is 5.88 Å². The highest BCUT2D eigenvalue weighted by Gasteiger charge is 1.65. The molecule has 2 heteroatoms. The van der Waals surface area contributed by atoms with Crippen LogP contribution in [0.15, 0.2) is 0 Å². The van der Waals surface area contributed by atoms with E-state index in [0.717, 1.165) is 0 Å². The first-order valence-electron chi connectivity index (χ1n) is 1.89. The molecule has 0 aliphatic rings. The van der Waals surface area contributed by atoms with Crippen LogP contribution in [0.5, 0.6) is 0 Å². The van der Waals surface area contributed by atoms with E-state index in [9.17, 15) is 0 Å². The summed E-state index contributed by atoms with van der Waals surface area (Å²) in [4.78, 5) is 0. The second-order valence-corrected chi connectivity index (χ2v) is 1.03. The highest BCUT2D eigenvalue weighted by atomic mass is 35.5. The third-order valence-electron chi connectivity index (χ3n) is 0.316. The van der Waals surface area contributed by atoms with E-state index in [2.05, 4.69) is 16.8 Å². The molecular weight excluding hydrogens is 112 g/mol. The monoisotopic (exact) mass is 117 g/mol. The van der Waals surface area contributed by atoms with E-state index >= 15 is 0 Å². The van der Waals surface area contributed by atoms with Crippen molar-refractivity contribution in [1.82, 2.24) is 0 Å². The summed E-state index contributed by atoms with van der Waals surface area (Å²) >= 11 is 5.17. The molecule has 0 rings (SSSR count). The molecule has 0 aromatic carbocycles. The zero-order valence-corrected chi connectivity index (χ0v) is 4.83. The maximum Gasteiger partial charge on any atom is 0.145 e. The normalized spacial score (nSPS) is 6.57. The van der Waals surface area contributed by atoms with E-state index < -0.39 is 0 Å². The van der Waals surface area contributed by atoms with Crippen LogP contribution in [0.4, 0.5) is 0 Å². The molecule has 7 heavy (non-hydrogen) atoms. The SMILES string of the molecule is C[CH]OC#CCCl. The largest absolute Gasteiger partial charge is 0.440 e. The fourth-order valence-corrected chi connectivity index (χ4v) is 0.182. The molecule has 1 nitrogen and oxygen atoms in total. The van der Waals surface area contributed by atoms with Crippen LogP contribution < -0.4 is 0 Å². The number of hydrogen-bond acceptors (Lipinski definition) is 1. The predicted molar refractivity (Wildman–Crippen MR) is 29.6 cm³/mol. The van der Waals surface area contributed by atoms with Gasteiger partial charge in [-0.25, -0.2) is 0 Å². The first-order chi connectivity index (χ1) is 3.41. The fraction of sp³-hybridized carbons (Fsp3) is 0.400. The number of hydrogen-bond donors (Lipinski definition) is 0. The van der Waals surface area contributed by atoms with Crippen LogP contribution in [0, 0.1) is 18.6 Å². The minimum Gasteiger partial charge on any atom is -0.440 e. The molecule has 0 heterocycles. The van der Waals surface area contributed by atoms with Gasteiger partial charge in [0.25, 0.3) is 0 Å². The van der Waals surface area contributed by atoms with Gasteiger partial charge < -0.3 is 4.74 Å². The maximum atomic E-state index is 5.17. The molecule has 0 saturated carbocycles. The predicted octanol–water partition coefficient (Wildman–Crippen LogP) is 1.38. The highest BCUT2D eigenvalue weighted by Crippen LogP contribution is 1.73. The van der Waals surface area contributed by atoms with E-state index in [1.54, 1.807) is 6.92 Å². The molecule has 0 atom stereocenters. The van der Waals surface area contributed by atoms with Crippen LogP contribution in [0.2, 0.25) is 0 Å². The first-order valence-corrected chi connectivity index (χ1v) is 2.42. The Bertz CT molecular complexity index is 79.8. The van der Waals surface area contributed by atoms with Crippen molar-refractivity contribution in [2.75, 3.05) is 5.88 Å². The Kier molecular flexibility index (Phi) is 5.37. The van der Waals surface area contributed by atoms with Crippen molar-refractivity contribution < 1.29 is 4.74 Å². The summed E-state index contributed by atoms with van der Waals surface area (Å²) in [6, 6.07) is 0. The summed E-state index contributed by atoms with van der Waals surface area (Å²) in [5.41, 5.74) is 0. The summed E-state index contributed by atoms with van der Waals surface area (Å²) in [6.45, 7) is 3.25. The van der Waals surface area contributed by atoms with Gasteiger partial charge in [-0.3, -0.25) is 0 Å². The summed E-state index contributed by atoms with van der Waals surface area (Å²) in [5, 5.41) is 0. The Balaban J connectivity index is 2.91. The second-order valence-electron chi connectivity index (χ2n) is 0.766. The van der Waals surface area contributed by atoms with Gasteiger partial charge in [-0.15, -0.1) is 11.6 Å². The third-order valence-corrected chi connectivity index (χ3v) is 0.449. The molecule has 39 valence electrons. The molecule has 1 radical (unpaired) electrons. The minimum atomic E-state index is 0.327. The summed E-state index contributed by atoms with van der Waals surface area (Å²) in [5.74, 6) is 2.84. The summed E-state index contributed by atoms with van der Waals surface area (Å²) < 4.78 is 4.50. The standard InChI is InChI=1S/C5H6ClO/c1-2-7-5-3-4-6/h2H,4H2,1H3. The zero-order valence-electron chi connectivity index (χ0n) is 4.07. The zero-order chi connectivity index (χ0) is 5.54. The van der Waals surface area contributed by atoms with E-state index in [1.165, 1.54) is 6.61 Å². The van der Waals surface area contributed by atoms with Crippen LogP contribution in [-0.4, -0.2) is 5.88 Å². The van der Waals surface area contributed by atoms with Gasteiger partial charge in [0.15, 0.2) is 0 Å². The summed E-state index contributed by atoms with van der Waals surface area (Å²) in [7, 11) is 0. The topological polar surface area (TPSA) is 9.23 Å². The van der Waals surface area contributed by atoms with Gasteiger partial charge in [0.2, 0.25) is 0 Å². The molecule has 0 saturated heterocycles. The van der Waals surface area contributed by atoms with Gasteiger partial charge in [-0.1, -0.05) is 0 Å². The lowest BCUT2D eigenvalue weighted by atomic mass is 10.8. The lowest BCUT2D eigenvalue weighted by molar-refractivity contribution is 0.375. The number of ether oxygens (including phenoxy) is 1. The molecular formula is C5H6ClO. The van der Waals surface area contributed by atoms with Gasteiger partial charge in [0.05, 0.1) is 5.88 Å². The van der Waals surface area contributed by atoms with Gasteiger partial charge in [-0.2, -0.15) is 0 Å². The summed E-state index contributed by atoms with van der Waals surface area (Å²) in [6.07, 6.45) is 2.35. The van der Waals surface area contributed by atoms with Crippen molar-refractivity contribution >= 4 is 11.6 Å². The van der Waals surface area contributed by atoms with Crippen LogP contribution in [0.1, 0.15) is 6.92 Å². The Hall–Kier alpha value is -0.350. The number of alkyl halides is 1. The molecule has 0 fully saturated rings. The molecule has 0 N–H and O–H groups in total. The molecule has 0 aromatic rings. The molecule has 0 amide bonds. The van der Waals surface area contributed by atoms with Crippen molar-refractivity contribution in [2.24, 2.45) is 0 Å². The van der Waals surface area contributed by atoms with Crippen molar-refractivity contribution in [1.29, 1.82) is 0 Å². The number of rotatable bonds is 1. The molecule has 0 unspecified atom stereocenters. The van der Waals surface area contributed by atoms with E-state index in [4.69, 9.17) is 11.6 Å². The van der Waals surface area contributed by atoms with Gasteiger partial charge in [0, 0.05) is 0 Å². The highest BCUT2D eigenvalue weighted by molar-refractivity contribution is 6.19. The van der Waals surface area contributed by atoms with Gasteiger partial charge >= 0.3 is 0 Å². The smallest absolute Gasteiger partial charge is 0.145 e. The lowest BCUT2D eigenvalue weighted by Crippen LogP contribution is -1.69. The van der Waals surface area contributed by atoms with Crippen LogP contribution in [0.3, 0.4) is 0 Å². The molecule has 0 aliphatic carbocycles. The average molecular weight is 118 g/mol. The van der Waals surface area contributed by atoms with Crippen LogP contribution in [-0.2, 0) is 4.74 Å². The molecule has 0 aliphatic heterocycles. The second kappa shape index (κ2) is 5.65. The Labute approximate surface area is 48.6 Å². The van der Waals surface area contributed by atoms with Crippen molar-refractivity contribution in [3.8, 4) is 12.0 Å². The first kappa shape index (κ1) is 6.65. The maximum absolute atomic E-state index is 5.17. The molecule has 0 bridgehead atoms. The van der Waals surface area contributed by atoms with Crippen molar-refractivity contribution in [3.63, 3.8) is 0 Å². The van der Waals surface area contributed by atoms with Gasteiger partial charge in [0.1, 0.15) is 12.7 Å². The third kappa shape index (κ3) is 5.65. The van der Waals surface area contributed by atoms with Crippen LogP contribution >= 0.6 is 11.6 Å². The van der Waals surface area contributed by atoms with E-state index in [-0.39, 0.29) is 0 Å². The Morgan fingerprint density at radius 3 is 3.00 bits per heavy atom. The van der Waals surface area contributed by atoms with Gasteiger partial charge in [-0.05, 0) is 12.8 Å². The van der Waals surface area contributed by atoms with Crippen molar-refractivity contribution in [2.45, 2.75) is 6.92 Å². The fourth-order valence-electron chi connectivity index (χ4n) is 0.128. The molecule has 0 aromatic heterocycles. The van der Waals surface area contributed by atoms with E-state index in [1.807, 2.05) is 0 Å². The Morgan fingerprint density at radius 1 is 1.86 bits per heavy atom. The minimum absolute atomic E-state index is 0.327. The average Bonchev–Trinajstić information content (AvgIpc) is 1.69. The quantitative estimate of drug-likeness (QED) is 0.373. The number of halogens is 1.